The molecule has 0 saturated heterocycles. The number of amides is 3. The van der Waals surface area contributed by atoms with Gasteiger partial charge < -0.3 is 9.73 Å². The van der Waals surface area contributed by atoms with E-state index in [9.17, 15) is 14.0 Å². The molecule has 2 N–H and O–H groups in total. The third-order valence-corrected chi connectivity index (χ3v) is 5.96. The lowest BCUT2D eigenvalue weighted by atomic mass is 10.1. The average molecular weight is 442 g/mol. The summed E-state index contributed by atoms with van der Waals surface area (Å²) in [5, 5.41) is 8.17. The van der Waals surface area contributed by atoms with Gasteiger partial charge in [-0.15, -0.1) is 11.3 Å². The van der Waals surface area contributed by atoms with Crippen LogP contribution in [0.15, 0.2) is 63.8 Å². The Bertz CT molecular complexity index is 1180. The number of nitrogens with one attached hydrogen (secondary N) is 2. The third kappa shape index (κ3) is 4.66. The molecule has 0 aliphatic carbocycles. The Labute approximate surface area is 178 Å². The molecular weight excluding hydrogens is 427 g/mol. The fraction of sp³-hybridized carbons (Fsp3) is 0.100. The molecule has 152 valence electrons. The lowest BCUT2D eigenvalue weighted by Crippen LogP contribution is -2.39. The molecule has 3 amide bonds. The summed E-state index contributed by atoms with van der Waals surface area (Å²) in [5.41, 5.74) is 1.70. The number of hydrogen-bond donors (Lipinski definition) is 2. The van der Waals surface area contributed by atoms with Crippen LogP contribution in [-0.2, 0) is 11.3 Å². The zero-order chi connectivity index (χ0) is 20.9. The fourth-order valence-corrected chi connectivity index (χ4v) is 4.51. The lowest BCUT2D eigenvalue weighted by Gasteiger charge is -2.07. The SMILES string of the molecule is O=C(CSc1ncnc2scc(-c3ccc(F)cc3)c12)NC(=O)NCc1ccco1. The highest BCUT2D eigenvalue weighted by Crippen LogP contribution is 2.37. The molecule has 30 heavy (non-hydrogen) atoms. The van der Waals surface area contributed by atoms with Crippen molar-refractivity contribution in [3.8, 4) is 11.1 Å². The van der Waals surface area contributed by atoms with Gasteiger partial charge in [0.2, 0.25) is 5.91 Å². The first-order valence-electron chi connectivity index (χ1n) is 8.81. The molecule has 1 aromatic carbocycles. The molecule has 0 aliphatic rings. The van der Waals surface area contributed by atoms with Gasteiger partial charge >= 0.3 is 6.03 Å². The van der Waals surface area contributed by atoms with Crippen molar-refractivity contribution >= 4 is 45.3 Å². The predicted octanol–water partition coefficient (Wildman–Crippen LogP) is 4.21. The van der Waals surface area contributed by atoms with Crippen LogP contribution in [0.2, 0.25) is 0 Å². The maximum absolute atomic E-state index is 13.3. The van der Waals surface area contributed by atoms with Crippen LogP contribution in [-0.4, -0.2) is 27.7 Å². The molecule has 10 heteroatoms. The highest BCUT2D eigenvalue weighted by atomic mass is 32.2. The number of carbonyl (C=O) groups excluding carboxylic acids is 2. The summed E-state index contributed by atoms with van der Waals surface area (Å²) < 4.78 is 18.4. The monoisotopic (exact) mass is 442 g/mol. The Hall–Kier alpha value is -3.24. The Morgan fingerprint density at radius 1 is 1.17 bits per heavy atom. The quantitative estimate of drug-likeness (QED) is 0.343. The maximum Gasteiger partial charge on any atom is 0.321 e. The van der Waals surface area contributed by atoms with Gasteiger partial charge in [0.25, 0.3) is 0 Å². The van der Waals surface area contributed by atoms with E-state index in [0.29, 0.717) is 10.8 Å². The highest BCUT2D eigenvalue weighted by molar-refractivity contribution is 8.00. The van der Waals surface area contributed by atoms with Gasteiger partial charge in [0.05, 0.1) is 23.9 Å². The number of aromatic nitrogens is 2. The second-order valence-corrected chi connectivity index (χ2v) is 7.94. The van der Waals surface area contributed by atoms with Gasteiger partial charge in [-0.1, -0.05) is 23.9 Å². The van der Waals surface area contributed by atoms with E-state index < -0.39 is 11.9 Å². The van der Waals surface area contributed by atoms with Gasteiger partial charge in [0.15, 0.2) is 0 Å². The first kappa shape index (κ1) is 20.0. The number of carbonyl (C=O) groups is 2. The molecule has 7 nitrogen and oxygen atoms in total. The maximum atomic E-state index is 13.3. The zero-order valence-corrected chi connectivity index (χ0v) is 17.1. The number of furan rings is 1. The van der Waals surface area contributed by atoms with Gasteiger partial charge in [-0.3, -0.25) is 10.1 Å². The summed E-state index contributed by atoms with van der Waals surface area (Å²) >= 11 is 2.65. The predicted molar refractivity (Wildman–Crippen MR) is 113 cm³/mol. The number of rotatable bonds is 6. The van der Waals surface area contributed by atoms with E-state index in [-0.39, 0.29) is 18.1 Å². The number of thioether (sulfide) groups is 1. The van der Waals surface area contributed by atoms with Gasteiger partial charge in [-0.2, -0.15) is 0 Å². The summed E-state index contributed by atoms with van der Waals surface area (Å²) in [6, 6.07) is 8.99. The molecule has 0 radical (unpaired) electrons. The molecule has 3 heterocycles. The molecule has 0 saturated carbocycles. The van der Waals surface area contributed by atoms with E-state index in [0.717, 1.165) is 21.3 Å². The molecular formula is C20H15FN4O3S2. The molecule has 0 fully saturated rings. The topological polar surface area (TPSA) is 97.1 Å². The first-order chi connectivity index (χ1) is 14.6. The number of imide groups is 1. The van der Waals surface area contributed by atoms with Crippen LogP contribution >= 0.6 is 23.1 Å². The number of hydrogen-bond acceptors (Lipinski definition) is 7. The number of halogens is 1. The Kier molecular flexibility index (Phi) is 6.05. The molecule has 4 aromatic rings. The molecule has 0 bridgehead atoms. The molecule has 0 spiro atoms. The standard InChI is InChI=1S/C20H15FN4O3S2/c21-13-5-3-12(4-6-13)15-9-29-18-17(15)19(24-11-23-18)30-10-16(26)25-20(27)22-8-14-2-1-7-28-14/h1-7,9,11H,8,10H2,(H2,22,25,26,27). The van der Waals surface area contributed by atoms with E-state index in [1.807, 2.05) is 5.38 Å². The van der Waals surface area contributed by atoms with Crippen molar-refractivity contribution in [3.05, 3.63) is 65.9 Å². The number of nitrogens with zero attached hydrogens (tertiary/aromatic N) is 2. The van der Waals surface area contributed by atoms with E-state index in [4.69, 9.17) is 4.42 Å². The largest absolute Gasteiger partial charge is 0.467 e. The van der Waals surface area contributed by atoms with Crippen molar-refractivity contribution in [1.29, 1.82) is 0 Å². The molecule has 4 rings (SSSR count). The van der Waals surface area contributed by atoms with Crippen molar-refractivity contribution in [2.24, 2.45) is 0 Å². The summed E-state index contributed by atoms with van der Waals surface area (Å²) in [5.74, 6) is -0.187. The zero-order valence-electron chi connectivity index (χ0n) is 15.4. The normalized spacial score (nSPS) is 10.8. The van der Waals surface area contributed by atoms with Gasteiger partial charge in [0.1, 0.15) is 27.8 Å². The van der Waals surface area contributed by atoms with Gasteiger partial charge in [0, 0.05) is 10.9 Å². The molecule has 0 unspecified atom stereocenters. The van der Waals surface area contributed by atoms with Crippen LogP contribution in [0.25, 0.3) is 21.3 Å². The minimum Gasteiger partial charge on any atom is -0.467 e. The number of thiophene rings is 1. The van der Waals surface area contributed by atoms with Crippen molar-refractivity contribution < 1.29 is 18.4 Å². The minimum atomic E-state index is -0.604. The first-order valence-corrected chi connectivity index (χ1v) is 10.7. The van der Waals surface area contributed by atoms with Crippen LogP contribution in [0, 0.1) is 5.82 Å². The van der Waals surface area contributed by atoms with Crippen LogP contribution in [0.1, 0.15) is 5.76 Å². The van der Waals surface area contributed by atoms with Crippen LogP contribution in [0.4, 0.5) is 9.18 Å². The van der Waals surface area contributed by atoms with Crippen LogP contribution < -0.4 is 10.6 Å². The highest BCUT2D eigenvalue weighted by Gasteiger charge is 2.16. The second-order valence-electron chi connectivity index (χ2n) is 6.11. The summed E-state index contributed by atoms with van der Waals surface area (Å²) in [7, 11) is 0. The lowest BCUT2D eigenvalue weighted by molar-refractivity contribution is -0.117. The van der Waals surface area contributed by atoms with E-state index in [2.05, 4.69) is 20.6 Å². The Morgan fingerprint density at radius 2 is 2.00 bits per heavy atom. The number of fused-ring (bicyclic) bond motifs is 1. The molecule has 3 aromatic heterocycles. The smallest absolute Gasteiger partial charge is 0.321 e. The van der Waals surface area contributed by atoms with Crippen LogP contribution in [0.5, 0.6) is 0 Å². The Balaban J connectivity index is 1.42. The average Bonchev–Trinajstić information content (AvgIpc) is 3.41. The summed E-state index contributed by atoms with van der Waals surface area (Å²) in [6.07, 6.45) is 2.94. The number of benzene rings is 1. The van der Waals surface area contributed by atoms with Crippen molar-refractivity contribution in [2.75, 3.05) is 5.75 Å². The Morgan fingerprint density at radius 3 is 2.77 bits per heavy atom. The van der Waals surface area contributed by atoms with Crippen molar-refractivity contribution in [3.63, 3.8) is 0 Å². The fourth-order valence-electron chi connectivity index (χ4n) is 2.72. The van der Waals surface area contributed by atoms with Gasteiger partial charge in [-0.05, 0) is 29.8 Å². The second kappa shape index (κ2) is 9.06. The minimum absolute atomic E-state index is 0.00100. The third-order valence-electron chi connectivity index (χ3n) is 4.09. The van der Waals surface area contributed by atoms with Crippen LogP contribution in [0.3, 0.4) is 0 Å². The number of urea groups is 1. The van der Waals surface area contributed by atoms with E-state index >= 15 is 0 Å². The van der Waals surface area contributed by atoms with Crippen molar-refractivity contribution in [2.45, 2.75) is 11.6 Å². The summed E-state index contributed by atoms with van der Waals surface area (Å²) in [6.45, 7) is 0.182. The van der Waals surface area contributed by atoms with E-state index in [1.165, 1.54) is 47.8 Å². The van der Waals surface area contributed by atoms with E-state index in [1.54, 1.807) is 24.3 Å². The molecule has 0 aliphatic heterocycles. The van der Waals surface area contributed by atoms with Crippen molar-refractivity contribution in [1.82, 2.24) is 20.6 Å². The molecule has 0 atom stereocenters. The summed E-state index contributed by atoms with van der Waals surface area (Å²) in [4.78, 5) is 33.3. The van der Waals surface area contributed by atoms with Gasteiger partial charge in [-0.25, -0.2) is 19.2 Å².